The van der Waals surface area contributed by atoms with Gasteiger partial charge >= 0.3 is 0 Å². The monoisotopic (exact) mass is 209 g/mol. The lowest BCUT2D eigenvalue weighted by atomic mass is 10.1. The number of nitrogens with zero attached hydrogens (tertiary/aromatic N) is 2. The molecule has 0 aromatic carbocycles. The summed E-state index contributed by atoms with van der Waals surface area (Å²) in [6.07, 6.45) is 5.56. The highest BCUT2D eigenvalue weighted by Crippen LogP contribution is 2.11. The highest BCUT2D eigenvalue weighted by molar-refractivity contribution is 4.78. The summed E-state index contributed by atoms with van der Waals surface area (Å²) < 4.78 is 0. The zero-order chi connectivity index (χ0) is 10.9. The van der Waals surface area contributed by atoms with Crippen LogP contribution in [-0.4, -0.2) is 37.1 Å². The lowest BCUT2D eigenvalue weighted by Crippen LogP contribution is -2.46. The standard InChI is InChI=1S/C12H23N3/c1-2-15(10-5-3-4-8-13)12-7-6-9-14-11-12/h12,14H,2-7,9-11H2,1H3. The van der Waals surface area contributed by atoms with Crippen molar-refractivity contribution in [1.82, 2.24) is 10.2 Å². The Kier molecular flexibility index (Phi) is 6.38. The molecule has 3 nitrogen and oxygen atoms in total. The van der Waals surface area contributed by atoms with Crippen molar-refractivity contribution in [2.24, 2.45) is 0 Å². The first-order chi connectivity index (χ1) is 7.38. The van der Waals surface area contributed by atoms with Gasteiger partial charge < -0.3 is 5.32 Å². The summed E-state index contributed by atoms with van der Waals surface area (Å²) in [7, 11) is 0. The minimum Gasteiger partial charge on any atom is -0.315 e. The van der Waals surface area contributed by atoms with Gasteiger partial charge in [-0.25, -0.2) is 0 Å². The van der Waals surface area contributed by atoms with E-state index in [2.05, 4.69) is 23.2 Å². The first-order valence-electron chi connectivity index (χ1n) is 6.20. The zero-order valence-corrected chi connectivity index (χ0v) is 9.84. The molecule has 0 spiro atoms. The van der Waals surface area contributed by atoms with E-state index >= 15 is 0 Å². The highest BCUT2D eigenvalue weighted by Gasteiger charge is 2.18. The Hall–Kier alpha value is -0.590. The van der Waals surface area contributed by atoms with Crippen LogP contribution in [0.3, 0.4) is 0 Å². The fourth-order valence-corrected chi connectivity index (χ4v) is 2.26. The number of nitrogens with one attached hydrogen (secondary N) is 1. The predicted octanol–water partition coefficient (Wildman–Crippen LogP) is 1.75. The molecule has 1 N–H and O–H groups in total. The number of piperidine rings is 1. The lowest BCUT2D eigenvalue weighted by molar-refractivity contribution is 0.171. The molecule has 3 heteroatoms. The Labute approximate surface area is 93.5 Å². The number of nitriles is 1. The zero-order valence-electron chi connectivity index (χ0n) is 9.84. The SMILES string of the molecule is CCN(CCCCC#N)C1CCCNC1. The van der Waals surface area contributed by atoms with Crippen LogP contribution in [0, 0.1) is 11.3 Å². The number of hydrogen-bond donors (Lipinski definition) is 1. The van der Waals surface area contributed by atoms with Gasteiger partial charge in [0.1, 0.15) is 0 Å². The van der Waals surface area contributed by atoms with Gasteiger partial charge in [-0.1, -0.05) is 6.92 Å². The molecule has 0 saturated carbocycles. The third-order valence-corrected chi connectivity index (χ3v) is 3.18. The molecule has 15 heavy (non-hydrogen) atoms. The van der Waals surface area contributed by atoms with Crippen molar-refractivity contribution < 1.29 is 0 Å². The molecular weight excluding hydrogens is 186 g/mol. The molecule has 0 bridgehead atoms. The average Bonchev–Trinajstić information content (AvgIpc) is 2.30. The summed E-state index contributed by atoms with van der Waals surface area (Å²) >= 11 is 0. The molecule has 1 fully saturated rings. The number of likely N-dealkylation sites (N-methyl/N-ethyl adjacent to an activating group) is 1. The van der Waals surface area contributed by atoms with Gasteiger partial charge in [-0.2, -0.15) is 5.26 Å². The van der Waals surface area contributed by atoms with Crippen molar-refractivity contribution in [2.45, 2.75) is 45.1 Å². The van der Waals surface area contributed by atoms with E-state index in [4.69, 9.17) is 5.26 Å². The molecule has 0 aromatic heterocycles. The van der Waals surface area contributed by atoms with Gasteiger partial charge in [-0.3, -0.25) is 4.90 Å². The molecule has 1 unspecified atom stereocenters. The molecule has 1 rings (SSSR count). The molecule has 1 aliphatic heterocycles. The molecule has 1 atom stereocenters. The van der Waals surface area contributed by atoms with E-state index < -0.39 is 0 Å². The van der Waals surface area contributed by atoms with Crippen LogP contribution in [-0.2, 0) is 0 Å². The van der Waals surface area contributed by atoms with Crippen molar-refractivity contribution in [3.8, 4) is 6.07 Å². The first-order valence-corrected chi connectivity index (χ1v) is 6.20. The van der Waals surface area contributed by atoms with E-state index in [1.807, 2.05) is 0 Å². The van der Waals surface area contributed by atoms with Crippen LogP contribution < -0.4 is 5.32 Å². The van der Waals surface area contributed by atoms with Crippen LogP contribution in [0.2, 0.25) is 0 Å². The Morgan fingerprint density at radius 1 is 1.47 bits per heavy atom. The fourth-order valence-electron chi connectivity index (χ4n) is 2.26. The Morgan fingerprint density at radius 3 is 2.93 bits per heavy atom. The Bertz CT molecular complexity index is 192. The second-order valence-electron chi connectivity index (χ2n) is 4.24. The van der Waals surface area contributed by atoms with Gasteiger partial charge in [-0.15, -0.1) is 0 Å². The normalized spacial score (nSPS) is 21.5. The van der Waals surface area contributed by atoms with E-state index in [1.54, 1.807) is 0 Å². The summed E-state index contributed by atoms with van der Waals surface area (Å²) in [4.78, 5) is 2.56. The fraction of sp³-hybridized carbons (Fsp3) is 0.917. The minimum absolute atomic E-state index is 0.709. The van der Waals surface area contributed by atoms with Crippen LogP contribution in [0.1, 0.15) is 39.0 Å². The minimum atomic E-state index is 0.709. The van der Waals surface area contributed by atoms with Crippen molar-refractivity contribution in [2.75, 3.05) is 26.2 Å². The van der Waals surface area contributed by atoms with Crippen LogP contribution in [0.15, 0.2) is 0 Å². The smallest absolute Gasteiger partial charge is 0.0621 e. The van der Waals surface area contributed by atoms with E-state index in [-0.39, 0.29) is 0 Å². The maximum absolute atomic E-state index is 8.46. The molecule has 1 heterocycles. The Morgan fingerprint density at radius 2 is 2.33 bits per heavy atom. The van der Waals surface area contributed by atoms with E-state index in [0.29, 0.717) is 6.42 Å². The Balaban J connectivity index is 2.19. The van der Waals surface area contributed by atoms with E-state index in [0.717, 1.165) is 38.5 Å². The topological polar surface area (TPSA) is 39.1 Å². The van der Waals surface area contributed by atoms with Crippen LogP contribution in [0.4, 0.5) is 0 Å². The summed E-state index contributed by atoms with van der Waals surface area (Å²) in [5.41, 5.74) is 0. The van der Waals surface area contributed by atoms with E-state index in [1.165, 1.54) is 19.4 Å². The van der Waals surface area contributed by atoms with E-state index in [9.17, 15) is 0 Å². The molecular formula is C12H23N3. The summed E-state index contributed by atoms with van der Waals surface area (Å²) in [6.45, 7) is 6.86. The predicted molar refractivity (Wildman–Crippen MR) is 62.6 cm³/mol. The second kappa shape index (κ2) is 7.67. The second-order valence-corrected chi connectivity index (χ2v) is 4.24. The number of hydrogen-bond acceptors (Lipinski definition) is 3. The van der Waals surface area contributed by atoms with Crippen molar-refractivity contribution in [1.29, 1.82) is 5.26 Å². The van der Waals surface area contributed by atoms with Gasteiger partial charge in [0, 0.05) is 19.0 Å². The van der Waals surface area contributed by atoms with Crippen LogP contribution >= 0.6 is 0 Å². The summed E-state index contributed by atoms with van der Waals surface area (Å²) in [6, 6.07) is 2.94. The molecule has 1 saturated heterocycles. The number of rotatable bonds is 6. The third kappa shape index (κ3) is 4.63. The maximum atomic E-state index is 8.46. The van der Waals surface area contributed by atoms with Gasteiger partial charge in [0.05, 0.1) is 6.07 Å². The quantitative estimate of drug-likeness (QED) is 0.677. The van der Waals surface area contributed by atoms with Crippen molar-refractivity contribution >= 4 is 0 Å². The molecule has 0 aliphatic carbocycles. The molecule has 0 radical (unpaired) electrons. The van der Waals surface area contributed by atoms with Gasteiger partial charge in [0.25, 0.3) is 0 Å². The van der Waals surface area contributed by atoms with Crippen LogP contribution in [0.25, 0.3) is 0 Å². The summed E-state index contributed by atoms with van der Waals surface area (Å²) in [5.74, 6) is 0. The molecule has 86 valence electrons. The largest absolute Gasteiger partial charge is 0.315 e. The van der Waals surface area contributed by atoms with Gasteiger partial charge in [0.2, 0.25) is 0 Å². The van der Waals surface area contributed by atoms with Crippen molar-refractivity contribution in [3.63, 3.8) is 0 Å². The van der Waals surface area contributed by atoms with Crippen molar-refractivity contribution in [3.05, 3.63) is 0 Å². The molecule has 0 amide bonds. The van der Waals surface area contributed by atoms with Gasteiger partial charge in [0.15, 0.2) is 0 Å². The van der Waals surface area contributed by atoms with Gasteiger partial charge in [-0.05, 0) is 45.3 Å². The summed E-state index contributed by atoms with van der Waals surface area (Å²) in [5, 5.41) is 11.9. The number of unbranched alkanes of at least 4 members (excludes halogenated alkanes) is 2. The third-order valence-electron chi connectivity index (χ3n) is 3.18. The lowest BCUT2D eigenvalue weighted by Gasteiger charge is -2.33. The highest BCUT2D eigenvalue weighted by atomic mass is 15.2. The first kappa shape index (κ1) is 12.5. The molecule has 0 aromatic rings. The maximum Gasteiger partial charge on any atom is 0.0621 e. The average molecular weight is 209 g/mol. The molecule has 1 aliphatic rings. The van der Waals surface area contributed by atoms with Crippen LogP contribution in [0.5, 0.6) is 0 Å².